The number of amides is 2. The highest BCUT2D eigenvalue weighted by atomic mass is 35.5. The summed E-state index contributed by atoms with van der Waals surface area (Å²) in [4.78, 5) is 28.6. The second-order valence-electron chi connectivity index (χ2n) is 9.97. The number of sulfonamides is 1. The number of carbonyl (C=O) groups is 2. The minimum atomic E-state index is -4.21. The second kappa shape index (κ2) is 14.8. The van der Waals surface area contributed by atoms with Gasteiger partial charge in [0, 0.05) is 28.2 Å². The van der Waals surface area contributed by atoms with Gasteiger partial charge in [-0.2, -0.15) is 0 Å². The summed E-state index contributed by atoms with van der Waals surface area (Å²) in [6.45, 7) is 8.88. The molecule has 0 unspecified atom stereocenters. The fourth-order valence-corrected chi connectivity index (χ4v) is 6.07. The molecule has 0 aliphatic carbocycles. The fraction of sp³-hybridized carbons (Fsp3) is 0.355. The minimum Gasteiger partial charge on any atom is -0.494 e. The Morgan fingerprint density at radius 3 is 2.07 bits per heavy atom. The van der Waals surface area contributed by atoms with Crippen LogP contribution in [0.4, 0.5) is 5.69 Å². The number of hydrogen-bond acceptors (Lipinski definition) is 5. The molecule has 3 rings (SSSR count). The van der Waals surface area contributed by atoms with E-state index in [0.717, 1.165) is 9.87 Å². The number of carbonyl (C=O) groups excluding carboxylic acids is 2. The van der Waals surface area contributed by atoms with Crippen LogP contribution in [0.15, 0.2) is 71.6 Å². The first-order valence-electron chi connectivity index (χ1n) is 13.7. The van der Waals surface area contributed by atoms with Crippen molar-refractivity contribution in [1.82, 2.24) is 10.2 Å². The third-order valence-corrected chi connectivity index (χ3v) is 9.38. The third-order valence-electron chi connectivity index (χ3n) is 6.88. The van der Waals surface area contributed by atoms with E-state index in [1.54, 1.807) is 61.5 Å². The Morgan fingerprint density at radius 2 is 1.52 bits per heavy atom. The molecule has 0 radical (unpaired) electrons. The lowest BCUT2D eigenvalue weighted by atomic mass is 10.1. The van der Waals surface area contributed by atoms with Crippen molar-refractivity contribution in [3.05, 3.63) is 87.9 Å². The van der Waals surface area contributed by atoms with E-state index < -0.39 is 28.5 Å². The van der Waals surface area contributed by atoms with E-state index in [1.165, 1.54) is 17.0 Å². The Balaban J connectivity index is 2.05. The monoisotopic (exact) mass is 633 g/mol. The summed E-state index contributed by atoms with van der Waals surface area (Å²) in [7, 11) is -4.21. The zero-order valence-corrected chi connectivity index (χ0v) is 26.8. The molecule has 226 valence electrons. The molecule has 2 amide bonds. The largest absolute Gasteiger partial charge is 0.494 e. The van der Waals surface area contributed by atoms with Gasteiger partial charge in [0.15, 0.2) is 0 Å². The molecule has 11 heteroatoms. The highest BCUT2D eigenvalue weighted by Gasteiger charge is 2.33. The molecule has 8 nitrogen and oxygen atoms in total. The Hall–Kier alpha value is -3.27. The van der Waals surface area contributed by atoms with Crippen molar-refractivity contribution in [2.45, 2.75) is 64.6 Å². The maximum absolute atomic E-state index is 14.1. The van der Waals surface area contributed by atoms with Crippen molar-refractivity contribution in [2.24, 2.45) is 0 Å². The summed E-state index contributed by atoms with van der Waals surface area (Å²) < 4.78 is 34.5. The van der Waals surface area contributed by atoms with Crippen molar-refractivity contribution in [3.63, 3.8) is 0 Å². The highest BCUT2D eigenvalue weighted by Crippen LogP contribution is 2.29. The van der Waals surface area contributed by atoms with Crippen LogP contribution < -0.4 is 14.4 Å². The summed E-state index contributed by atoms with van der Waals surface area (Å²) in [6, 6.07) is 16.7. The van der Waals surface area contributed by atoms with Gasteiger partial charge in [-0.05, 0) is 82.6 Å². The number of aryl methyl sites for hydroxylation is 1. The summed E-state index contributed by atoms with van der Waals surface area (Å²) >= 11 is 12.9. The SMILES string of the molecule is CCOc1ccc(S(=O)(=O)N(CC(=O)N(Cc2c(Cl)cccc2Cl)[C@H](C)C(=O)N[C@H](C)CC)c2ccc(C)cc2)cc1. The molecule has 0 aliphatic heterocycles. The quantitative estimate of drug-likeness (QED) is 0.241. The molecule has 0 saturated carbocycles. The molecule has 0 fully saturated rings. The molecule has 0 saturated heterocycles. The van der Waals surface area contributed by atoms with Gasteiger partial charge in [-0.15, -0.1) is 0 Å². The Labute approximate surface area is 258 Å². The summed E-state index contributed by atoms with van der Waals surface area (Å²) in [5.41, 5.74) is 1.68. The number of anilines is 1. The first-order chi connectivity index (χ1) is 19.9. The predicted molar refractivity (Wildman–Crippen MR) is 168 cm³/mol. The summed E-state index contributed by atoms with van der Waals surface area (Å²) in [5, 5.41) is 3.55. The number of nitrogens with one attached hydrogen (secondary N) is 1. The van der Waals surface area contributed by atoms with Gasteiger partial charge in [-0.25, -0.2) is 8.42 Å². The van der Waals surface area contributed by atoms with E-state index >= 15 is 0 Å². The fourth-order valence-electron chi connectivity index (χ4n) is 4.14. The maximum atomic E-state index is 14.1. The molecule has 3 aromatic rings. The molecule has 0 heterocycles. The van der Waals surface area contributed by atoms with Crippen LogP contribution in [-0.4, -0.2) is 50.4 Å². The van der Waals surface area contributed by atoms with Crippen molar-refractivity contribution < 1.29 is 22.7 Å². The van der Waals surface area contributed by atoms with E-state index in [0.29, 0.717) is 40.1 Å². The first-order valence-corrected chi connectivity index (χ1v) is 15.9. The Bertz CT molecular complexity index is 1460. The van der Waals surface area contributed by atoms with E-state index in [1.807, 2.05) is 27.7 Å². The normalized spacial score (nSPS) is 12.7. The molecule has 3 aromatic carbocycles. The van der Waals surface area contributed by atoms with Gasteiger partial charge in [0.05, 0.1) is 17.2 Å². The van der Waals surface area contributed by atoms with Crippen LogP contribution in [0.5, 0.6) is 5.75 Å². The molecule has 1 N–H and O–H groups in total. The van der Waals surface area contributed by atoms with E-state index in [4.69, 9.17) is 27.9 Å². The van der Waals surface area contributed by atoms with Gasteiger partial charge in [0.1, 0.15) is 18.3 Å². The topological polar surface area (TPSA) is 96.0 Å². The van der Waals surface area contributed by atoms with Crippen LogP contribution in [0.1, 0.15) is 45.2 Å². The van der Waals surface area contributed by atoms with Crippen molar-refractivity contribution in [1.29, 1.82) is 0 Å². The Morgan fingerprint density at radius 1 is 0.929 bits per heavy atom. The van der Waals surface area contributed by atoms with Gasteiger partial charge in [0.2, 0.25) is 11.8 Å². The number of halogens is 2. The average molecular weight is 635 g/mol. The molecule has 0 spiro atoms. The van der Waals surface area contributed by atoms with Crippen molar-refractivity contribution in [3.8, 4) is 5.75 Å². The average Bonchev–Trinajstić information content (AvgIpc) is 2.96. The highest BCUT2D eigenvalue weighted by molar-refractivity contribution is 7.92. The summed E-state index contributed by atoms with van der Waals surface area (Å²) in [5.74, 6) is -0.455. The van der Waals surface area contributed by atoms with Gasteiger partial charge < -0.3 is 15.0 Å². The van der Waals surface area contributed by atoms with Crippen molar-refractivity contribution in [2.75, 3.05) is 17.5 Å². The predicted octanol–water partition coefficient (Wildman–Crippen LogP) is 6.23. The molecule has 42 heavy (non-hydrogen) atoms. The van der Waals surface area contributed by atoms with Crippen LogP contribution in [0.25, 0.3) is 0 Å². The van der Waals surface area contributed by atoms with Crippen LogP contribution >= 0.6 is 23.2 Å². The van der Waals surface area contributed by atoms with Crippen molar-refractivity contribution >= 4 is 50.7 Å². The number of rotatable bonds is 13. The van der Waals surface area contributed by atoms with Gasteiger partial charge >= 0.3 is 0 Å². The molecule has 0 bridgehead atoms. The lowest BCUT2D eigenvalue weighted by molar-refractivity contribution is -0.139. The minimum absolute atomic E-state index is 0.0115. The first kappa shape index (κ1) is 33.2. The summed E-state index contributed by atoms with van der Waals surface area (Å²) in [6.07, 6.45) is 0.699. The van der Waals surface area contributed by atoms with E-state index in [-0.39, 0.29) is 23.4 Å². The van der Waals surface area contributed by atoms with Gasteiger partial charge in [-0.1, -0.05) is 53.9 Å². The van der Waals surface area contributed by atoms with E-state index in [9.17, 15) is 18.0 Å². The lowest BCUT2D eigenvalue weighted by Crippen LogP contribution is -2.52. The molecule has 2 atom stereocenters. The van der Waals surface area contributed by atoms with E-state index in [2.05, 4.69) is 5.32 Å². The van der Waals surface area contributed by atoms with Crippen LogP contribution in [0, 0.1) is 6.92 Å². The van der Waals surface area contributed by atoms with Gasteiger partial charge in [-0.3, -0.25) is 13.9 Å². The van der Waals surface area contributed by atoms with Gasteiger partial charge in [0.25, 0.3) is 10.0 Å². The van der Waals surface area contributed by atoms with Crippen LogP contribution in [0.3, 0.4) is 0 Å². The molecular weight excluding hydrogens is 597 g/mol. The number of benzene rings is 3. The molecule has 0 aliphatic rings. The zero-order chi connectivity index (χ0) is 31.0. The molecule has 0 aromatic heterocycles. The molecular formula is C31H37Cl2N3O5S. The third kappa shape index (κ3) is 8.18. The maximum Gasteiger partial charge on any atom is 0.264 e. The number of hydrogen-bond donors (Lipinski definition) is 1. The second-order valence-corrected chi connectivity index (χ2v) is 12.6. The number of ether oxygens (including phenoxy) is 1. The zero-order valence-electron chi connectivity index (χ0n) is 24.4. The smallest absolute Gasteiger partial charge is 0.264 e. The number of nitrogens with zero attached hydrogens (tertiary/aromatic N) is 2. The lowest BCUT2D eigenvalue weighted by Gasteiger charge is -2.33. The standard InChI is InChI=1S/C31H37Cl2N3O5S/c1-6-22(4)34-31(38)23(5)35(19-27-28(32)9-8-10-29(27)33)30(37)20-36(24-13-11-21(3)12-14-24)42(39,40)26-17-15-25(16-18-26)41-7-2/h8-18,22-23H,6-7,19-20H2,1-5H3,(H,34,38)/t22-,23-/m1/s1. The van der Waals surface area contributed by atoms with Crippen LogP contribution in [0.2, 0.25) is 10.0 Å². The van der Waals surface area contributed by atoms with Crippen LogP contribution in [-0.2, 0) is 26.2 Å². The Kier molecular flexibility index (Phi) is 11.7.